The van der Waals surface area contributed by atoms with Crippen molar-refractivity contribution in [3.8, 4) is 6.07 Å². The van der Waals surface area contributed by atoms with Crippen LogP contribution < -0.4 is 5.32 Å². The van der Waals surface area contributed by atoms with E-state index in [4.69, 9.17) is 10.4 Å². The summed E-state index contributed by atoms with van der Waals surface area (Å²) in [6, 6.07) is 2.14. The van der Waals surface area contributed by atoms with Gasteiger partial charge in [0.05, 0.1) is 12.1 Å². The van der Waals surface area contributed by atoms with Gasteiger partial charge in [0.15, 0.2) is 0 Å². The smallest absolute Gasteiger partial charge is 0.303 e. The third-order valence-electron chi connectivity index (χ3n) is 3.91. The molecule has 6 heteroatoms. The fraction of sp³-hybridized carbons (Fsp3) is 0.615. The molecule has 1 saturated carbocycles. The Balaban J connectivity index is 2.10. The third kappa shape index (κ3) is 2.55. The van der Waals surface area contributed by atoms with Crippen LogP contribution in [0.1, 0.15) is 36.9 Å². The third-order valence-corrected chi connectivity index (χ3v) is 3.91. The molecule has 0 atom stereocenters. The van der Waals surface area contributed by atoms with E-state index in [1.54, 1.807) is 18.7 Å². The van der Waals surface area contributed by atoms with Gasteiger partial charge < -0.3 is 10.4 Å². The zero-order valence-electron chi connectivity index (χ0n) is 11.2. The minimum absolute atomic E-state index is 0.170. The Morgan fingerprint density at radius 3 is 2.79 bits per heavy atom. The summed E-state index contributed by atoms with van der Waals surface area (Å²) in [5.74, 6) is -0.0835. The minimum atomic E-state index is -0.761. The number of nitrogens with one attached hydrogen (secondary N) is 1. The van der Waals surface area contributed by atoms with Crippen LogP contribution in [0, 0.1) is 23.7 Å². The number of aryl methyl sites for hydroxylation is 2. The highest BCUT2D eigenvalue weighted by molar-refractivity contribution is 5.68. The van der Waals surface area contributed by atoms with E-state index in [2.05, 4.69) is 16.5 Å². The summed E-state index contributed by atoms with van der Waals surface area (Å²) in [5, 5.41) is 25.5. The van der Waals surface area contributed by atoms with Crippen molar-refractivity contribution < 1.29 is 9.90 Å². The summed E-state index contributed by atoms with van der Waals surface area (Å²) in [4.78, 5) is 10.9. The fourth-order valence-electron chi connectivity index (χ4n) is 2.68. The van der Waals surface area contributed by atoms with Crippen LogP contribution in [-0.2, 0) is 11.8 Å². The van der Waals surface area contributed by atoms with Gasteiger partial charge in [0.25, 0.3) is 0 Å². The van der Waals surface area contributed by atoms with Gasteiger partial charge in [0, 0.05) is 13.6 Å². The van der Waals surface area contributed by atoms with Crippen molar-refractivity contribution >= 4 is 11.8 Å². The molecule has 0 bridgehead atoms. The molecule has 2 rings (SSSR count). The SMILES string of the molecule is Cc1nn(C)c(NCC2(CC(=O)O)CCC2)c1C#N. The maximum atomic E-state index is 10.9. The summed E-state index contributed by atoms with van der Waals surface area (Å²) in [7, 11) is 1.78. The number of rotatable bonds is 5. The molecular formula is C13H18N4O2. The molecule has 0 amide bonds. The number of anilines is 1. The van der Waals surface area contributed by atoms with Crippen LogP contribution in [0.4, 0.5) is 5.82 Å². The zero-order chi connectivity index (χ0) is 14.0. The summed E-state index contributed by atoms with van der Waals surface area (Å²) < 4.78 is 1.64. The molecule has 0 saturated heterocycles. The van der Waals surface area contributed by atoms with Crippen LogP contribution in [-0.4, -0.2) is 27.4 Å². The molecule has 1 aromatic heterocycles. The Morgan fingerprint density at radius 2 is 2.32 bits per heavy atom. The molecule has 1 aliphatic rings. The van der Waals surface area contributed by atoms with Crippen molar-refractivity contribution in [2.45, 2.75) is 32.6 Å². The van der Waals surface area contributed by atoms with E-state index in [1.807, 2.05) is 0 Å². The number of carboxylic acid groups (broad SMARTS) is 1. The van der Waals surface area contributed by atoms with Crippen LogP contribution in [0.2, 0.25) is 0 Å². The normalized spacial score (nSPS) is 16.5. The van der Waals surface area contributed by atoms with Gasteiger partial charge in [-0.15, -0.1) is 0 Å². The summed E-state index contributed by atoms with van der Waals surface area (Å²) >= 11 is 0. The van der Waals surface area contributed by atoms with Crippen molar-refractivity contribution in [3.05, 3.63) is 11.3 Å². The number of nitriles is 1. The summed E-state index contributed by atoms with van der Waals surface area (Å²) in [6.07, 6.45) is 3.10. The van der Waals surface area contributed by atoms with Gasteiger partial charge >= 0.3 is 5.97 Å². The zero-order valence-corrected chi connectivity index (χ0v) is 11.2. The number of aromatic nitrogens is 2. The first-order valence-corrected chi connectivity index (χ1v) is 6.37. The number of nitrogens with zero attached hydrogens (tertiary/aromatic N) is 3. The predicted molar refractivity (Wildman–Crippen MR) is 69.7 cm³/mol. The Bertz CT molecular complexity index is 538. The lowest BCUT2D eigenvalue weighted by Gasteiger charge is -2.41. The molecule has 1 aromatic rings. The minimum Gasteiger partial charge on any atom is -0.481 e. The van der Waals surface area contributed by atoms with E-state index < -0.39 is 5.97 Å². The molecule has 0 unspecified atom stereocenters. The molecule has 6 nitrogen and oxygen atoms in total. The van der Waals surface area contributed by atoms with Crippen LogP contribution in [0.15, 0.2) is 0 Å². The van der Waals surface area contributed by atoms with Crippen molar-refractivity contribution in [1.29, 1.82) is 5.26 Å². The highest BCUT2D eigenvalue weighted by Crippen LogP contribution is 2.44. The van der Waals surface area contributed by atoms with Crippen molar-refractivity contribution in [2.75, 3.05) is 11.9 Å². The first kappa shape index (κ1) is 13.4. The van der Waals surface area contributed by atoms with Crippen molar-refractivity contribution in [1.82, 2.24) is 9.78 Å². The molecule has 1 heterocycles. The largest absolute Gasteiger partial charge is 0.481 e. The standard InChI is InChI=1S/C13H18N4O2/c1-9-10(7-14)12(17(2)16-9)15-8-13(4-3-5-13)6-11(18)19/h15H,3-6,8H2,1-2H3,(H,18,19). The van der Waals surface area contributed by atoms with Crippen molar-refractivity contribution in [2.24, 2.45) is 12.5 Å². The monoisotopic (exact) mass is 262 g/mol. The van der Waals surface area contributed by atoms with E-state index in [9.17, 15) is 4.79 Å². The fourth-order valence-corrected chi connectivity index (χ4v) is 2.68. The number of hydrogen-bond acceptors (Lipinski definition) is 4. The van der Waals surface area contributed by atoms with E-state index in [0.29, 0.717) is 23.6 Å². The van der Waals surface area contributed by atoms with E-state index in [1.165, 1.54) is 0 Å². The van der Waals surface area contributed by atoms with E-state index in [-0.39, 0.29) is 11.8 Å². The van der Waals surface area contributed by atoms with Crippen LogP contribution in [0.5, 0.6) is 0 Å². The molecule has 0 radical (unpaired) electrons. The number of aliphatic carboxylic acids is 1. The molecule has 102 valence electrons. The maximum Gasteiger partial charge on any atom is 0.303 e. The lowest BCUT2D eigenvalue weighted by molar-refractivity contribution is -0.141. The van der Waals surface area contributed by atoms with E-state index in [0.717, 1.165) is 19.3 Å². The van der Waals surface area contributed by atoms with Crippen molar-refractivity contribution in [3.63, 3.8) is 0 Å². The average molecular weight is 262 g/mol. The topological polar surface area (TPSA) is 90.9 Å². The Hall–Kier alpha value is -2.03. The van der Waals surface area contributed by atoms with Gasteiger partial charge in [-0.05, 0) is 25.2 Å². The highest BCUT2D eigenvalue weighted by atomic mass is 16.4. The number of hydrogen-bond donors (Lipinski definition) is 2. The first-order chi connectivity index (χ1) is 8.97. The van der Waals surface area contributed by atoms with Gasteiger partial charge in [0.2, 0.25) is 0 Å². The quantitative estimate of drug-likeness (QED) is 0.842. The van der Waals surface area contributed by atoms with Gasteiger partial charge in [-0.25, -0.2) is 0 Å². The van der Waals surface area contributed by atoms with Gasteiger partial charge in [-0.3, -0.25) is 9.48 Å². The molecule has 1 aliphatic carbocycles. The van der Waals surface area contributed by atoms with Crippen LogP contribution in [0.3, 0.4) is 0 Å². The molecule has 0 aromatic carbocycles. The second kappa shape index (κ2) is 4.92. The molecule has 19 heavy (non-hydrogen) atoms. The van der Waals surface area contributed by atoms with E-state index >= 15 is 0 Å². The molecule has 2 N–H and O–H groups in total. The average Bonchev–Trinajstić information content (AvgIpc) is 2.56. The number of carboxylic acids is 1. The molecule has 0 spiro atoms. The summed E-state index contributed by atoms with van der Waals surface area (Å²) in [6.45, 7) is 2.37. The second-order valence-corrected chi connectivity index (χ2v) is 5.32. The molecule has 1 fully saturated rings. The first-order valence-electron chi connectivity index (χ1n) is 6.37. The van der Waals surface area contributed by atoms with Crippen LogP contribution >= 0.6 is 0 Å². The van der Waals surface area contributed by atoms with Gasteiger partial charge in [0.1, 0.15) is 17.5 Å². The Labute approximate surface area is 112 Å². The van der Waals surface area contributed by atoms with Crippen LogP contribution in [0.25, 0.3) is 0 Å². The lowest BCUT2D eigenvalue weighted by Crippen LogP contribution is -2.39. The Kier molecular flexibility index (Phi) is 3.47. The maximum absolute atomic E-state index is 10.9. The van der Waals surface area contributed by atoms with Gasteiger partial charge in [-0.1, -0.05) is 6.42 Å². The number of carbonyl (C=O) groups is 1. The lowest BCUT2D eigenvalue weighted by atomic mass is 9.66. The summed E-state index contributed by atoms with van der Waals surface area (Å²) in [5.41, 5.74) is 1.05. The molecule has 0 aliphatic heterocycles. The Morgan fingerprint density at radius 1 is 1.63 bits per heavy atom. The van der Waals surface area contributed by atoms with Gasteiger partial charge in [-0.2, -0.15) is 10.4 Å². The second-order valence-electron chi connectivity index (χ2n) is 5.32. The predicted octanol–water partition coefficient (Wildman–Crippen LogP) is 1.66. The highest BCUT2D eigenvalue weighted by Gasteiger charge is 2.39. The molecular weight excluding hydrogens is 244 g/mol.